The summed E-state index contributed by atoms with van der Waals surface area (Å²) in [5.74, 6) is -0.200. The zero-order valence-electron chi connectivity index (χ0n) is 10.4. The quantitative estimate of drug-likeness (QED) is 0.432. The van der Waals surface area contributed by atoms with Crippen molar-refractivity contribution in [1.29, 1.82) is 0 Å². The first-order valence-corrected chi connectivity index (χ1v) is 7.37. The highest BCUT2D eigenvalue weighted by molar-refractivity contribution is 14.1. The first-order valence-electron chi connectivity index (χ1n) is 5.33. The van der Waals surface area contributed by atoms with Crippen LogP contribution in [0, 0.1) is 0 Å². The number of carbonyl (C=O) groups excluding carboxylic acids is 2. The Morgan fingerprint density at radius 1 is 1.42 bits per heavy atom. The summed E-state index contributed by atoms with van der Waals surface area (Å²) in [6, 6.07) is 5.11. The van der Waals surface area contributed by atoms with E-state index in [9.17, 15) is 9.59 Å². The summed E-state index contributed by atoms with van der Waals surface area (Å²) in [6.45, 7) is 0.200. The van der Waals surface area contributed by atoms with Gasteiger partial charge in [0, 0.05) is 11.0 Å². The number of methoxy groups -OCH3 is 2. The van der Waals surface area contributed by atoms with E-state index in [-0.39, 0.29) is 18.4 Å². The molecule has 0 aromatic heterocycles. The van der Waals surface area contributed by atoms with Gasteiger partial charge in [0.05, 0.1) is 19.8 Å². The zero-order valence-corrected chi connectivity index (χ0v) is 14.1. The predicted molar refractivity (Wildman–Crippen MR) is 82.9 cm³/mol. The van der Waals surface area contributed by atoms with Crippen LogP contribution in [0.4, 0.5) is 0 Å². The number of benzene rings is 1. The van der Waals surface area contributed by atoms with Gasteiger partial charge in [-0.3, -0.25) is 9.59 Å². The second kappa shape index (κ2) is 7.68. The van der Waals surface area contributed by atoms with Gasteiger partial charge in [0.25, 0.3) is 5.91 Å². The van der Waals surface area contributed by atoms with E-state index in [4.69, 9.17) is 4.74 Å². The molecular weight excluding hydrogens is 429 g/mol. The molecule has 1 aromatic carbocycles. The molecule has 104 valence electrons. The van der Waals surface area contributed by atoms with Gasteiger partial charge in [-0.15, -0.1) is 0 Å². The van der Waals surface area contributed by atoms with Crippen LogP contribution in [0.25, 0.3) is 0 Å². The van der Waals surface area contributed by atoms with Gasteiger partial charge in [-0.2, -0.15) is 0 Å². The molecular formula is C12H13BrINO4. The maximum atomic E-state index is 12.0. The molecule has 0 bridgehead atoms. The molecule has 1 aromatic rings. The highest BCUT2D eigenvalue weighted by Crippen LogP contribution is 2.23. The number of carbonyl (C=O) groups is 2. The number of ether oxygens (including phenoxy) is 2. The molecule has 0 aliphatic rings. The molecule has 1 atom stereocenters. The Labute approximate surface area is 133 Å². The fourth-order valence-corrected chi connectivity index (χ4v) is 2.16. The number of halogens is 2. The Morgan fingerprint density at radius 2 is 2.11 bits per heavy atom. The van der Waals surface area contributed by atoms with Crippen LogP contribution in [0.1, 0.15) is 10.4 Å². The molecule has 0 spiro atoms. The summed E-state index contributed by atoms with van der Waals surface area (Å²) in [7, 11) is 2.81. The normalized spacial score (nSPS) is 11.6. The summed E-state index contributed by atoms with van der Waals surface area (Å²) in [5, 5.41) is 2.67. The van der Waals surface area contributed by atoms with Gasteiger partial charge in [0.15, 0.2) is 0 Å². The Kier molecular flexibility index (Phi) is 6.56. The summed E-state index contributed by atoms with van der Waals surface area (Å²) in [5.41, 5.74) is 0.416. The van der Waals surface area contributed by atoms with Crippen molar-refractivity contribution in [2.75, 3.05) is 20.8 Å². The number of hydrogen-bond donors (Lipinski definition) is 1. The van der Waals surface area contributed by atoms with Crippen LogP contribution in [-0.4, -0.2) is 36.6 Å². The molecule has 7 heteroatoms. The van der Waals surface area contributed by atoms with E-state index in [1.807, 2.05) is 22.6 Å². The van der Waals surface area contributed by atoms with Crippen LogP contribution in [0.3, 0.4) is 0 Å². The van der Waals surface area contributed by atoms with Crippen LogP contribution in [-0.2, 0) is 9.53 Å². The first kappa shape index (κ1) is 16.2. The Balaban J connectivity index is 2.71. The van der Waals surface area contributed by atoms with Gasteiger partial charge in [-0.25, -0.2) is 0 Å². The lowest BCUT2D eigenvalue weighted by molar-refractivity contribution is -0.139. The Bertz CT molecular complexity index is 481. The fourth-order valence-electron chi connectivity index (χ4n) is 1.34. The van der Waals surface area contributed by atoms with Crippen LogP contribution in [0.5, 0.6) is 5.75 Å². The molecule has 1 N–H and O–H groups in total. The molecule has 0 aliphatic carbocycles. The number of rotatable bonds is 5. The number of hydrogen-bond acceptors (Lipinski definition) is 4. The Hall–Kier alpha value is -0.830. The predicted octanol–water partition coefficient (Wildman–Crippen LogP) is 2.16. The van der Waals surface area contributed by atoms with Crippen molar-refractivity contribution in [2.24, 2.45) is 0 Å². The van der Waals surface area contributed by atoms with E-state index in [0.29, 0.717) is 11.3 Å². The second-order valence-electron chi connectivity index (χ2n) is 3.55. The fraction of sp³-hybridized carbons (Fsp3) is 0.333. The van der Waals surface area contributed by atoms with Crippen molar-refractivity contribution in [3.8, 4) is 5.75 Å². The van der Waals surface area contributed by atoms with E-state index in [0.717, 1.165) is 4.47 Å². The number of nitrogens with one attached hydrogen (secondary N) is 1. The van der Waals surface area contributed by atoms with Crippen LogP contribution in [0.15, 0.2) is 22.7 Å². The molecule has 0 saturated heterocycles. The number of amides is 1. The summed E-state index contributed by atoms with van der Waals surface area (Å²) in [4.78, 5) is 23.2. The molecule has 19 heavy (non-hydrogen) atoms. The lowest BCUT2D eigenvalue weighted by atomic mass is 10.2. The minimum atomic E-state index is -0.423. The van der Waals surface area contributed by atoms with E-state index < -0.39 is 3.92 Å². The average molecular weight is 442 g/mol. The lowest BCUT2D eigenvalue weighted by Crippen LogP contribution is -2.34. The van der Waals surface area contributed by atoms with Gasteiger partial charge in [-0.05, 0) is 18.2 Å². The minimum Gasteiger partial charge on any atom is -0.496 e. The van der Waals surface area contributed by atoms with Gasteiger partial charge >= 0.3 is 5.97 Å². The molecule has 5 nitrogen and oxygen atoms in total. The summed E-state index contributed by atoms with van der Waals surface area (Å²) in [6.07, 6.45) is 0. The van der Waals surface area contributed by atoms with Crippen molar-refractivity contribution in [3.05, 3.63) is 28.2 Å². The van der Waals surface area contributed by atoms with Gasteiger partial charge in [0.1, 0.15) is 9.67 Å². The molecule has 0 saturated carbocycles. The molecule has 0 heterocycles. The SMILES string of the molecule is COC(=O)C(I)CNC(=O)c1ccc(Br)cc1OC. The first-order chi connectivity index (χ1) is 8.99. The number of esters is 1. The average Bonchev–Trinajstić information content (AvgIpc) is 2.43. The molecule has 0 radical (unpaired) electrons. The molecule has 0 aliphatic heterocycles. The highest BCUT2D eigenvalue weighted by Gasteiger charge is 2.18. The van der Waals surface area contributed by atoms with Crippen molar-refractivity contribution < 1.29 is 19.1 Å². The van der Waals surface area contributed by atoms with E-state index in [1.165, 1.54) is 14.2 Å². The molecule has 1 unspecified atom stereocenters. The van der Waals surface area contributed by atoms with Crippen molar-refractivity contribution >= 4 is 50.4 Å². The third-order valence-corrected chi connectivity index (χ3v) is 3.75. The number of alkyl halides is 1. The summed E-state index contributed by atoms with van der Waals surface area (Å²) >= 11 is 5.22. The lowest BCUT2D eigenvalue weighted by Gasteiger charge is -2.11. The van der Waals surface area contributed by atoms with Crippen LogP contribution >= 0.6 is 38.5 Å². The smallest absolute Gasteiger partial charge is 0.320 e. The van der Waals surface area contributed by atoms with E-state index >= 15 is 0 Å². The second-order valence-corrected chi connectivity index (χ2v) is 5.96. The zero-order chi connectivity index (χ0) is 14.4. The highest BCUT2D eigenvalue weighted by atomic mass is 127. The van der Waals surface area contributed by atoms with Gasteiger partial charge in [0.2, 0.25) is 0 Å². The van der Waals surface area contributed by atoms with Crippen molar-refractivity contribution in [2.45, 2.75) is 3.92 Å². The monoisotopic (exact) mass is 441 g/mol. The topological polar surface area (TPSA) is 64.6 Å². The van der Waals surface area contributed by atoms with E-state index in [1.54, 1.807) is 18.2 Å². The van der Waals surface area contributed by atoms with Gasteiger partial charge in [-0.1, -0.05) is 38.5 Å². The Morgan fingerprint density at radius 3 is 2.68 bits per heavy atom. The third-order valence-electron chi connectivity index (χ3n) is 2.31. The molecule has 1 amide bonds. The van der Waals surface area contributed by atoms with Gasteiger partial charge < -0.3 is 14.8 Å². The van der Waals surface area contributed by atoms with Crippen LogP contribution in [0.2, 0.25) is 0 Å². The largest absolute Gasteiger partial charge is 0.496 e. The van der Waals surface area contributed by atoms with Crippen LogP contribution < -0.4 is 10.1 Å². The van der Waals surface area contributed by atoms with Crippen molar-refractivity contribution in [3.63, 3.8) is 0 Å². The minimum absolute atomic E-state index is 0.200. The molecule has 0 fully saturated rings. The summed E-state index contributed by atoms with van der Waals surface area (Å²) < 4.78 is 10.1. The standard InChI is InChI=1S/C12H13BrINO4/c1-18-10-5-7(13)3-4-8(10)11(16)15-6-9(14)12(17)19-2/h3-5,9H,6H2,1-2H3,(H,15,16). The third kappa shape index (κ3) is 4.64. The maximum absolute atomic E-state index is 12.0. The molecule has 1 rings (SSSR count). The van der Waals surface area contributed by atoms with E-state index in [2.05, 4.69) is 26.0 Å². The van der Waals surface area contributed by atoms with Crippen molar-refractivity contribution in [1.82, 2.24) is 5.32 Å². The maximum Gasteiger partial charge on any atom is 0.320 e.